The van der Waals surface area contributed by atoms with E-state index in [4.69, 9.17) is 11.1 Å². The number of rotatable bonds is 6. The molecule has 5 nitrogen and oxygen atoms in total. The molecule has 0 unspecified atom stereocenters. The summed E-state index contributed by atoms with van der Waals surface area (Å²) in [6, 6.07) is 9.94. The van der Waals surface area contributed by atoms with Gasteiger partial charge in [-0.3, -0.25) is 10.2 Å². The molecule has 0 saturated carbocycles. The number of carbonyl (C=O) groups is 1. The van der Waals surface area contributed by atoms with Crippen molar-refractivity contribution in [1.82, 2.24) is 10.3 Å². The van der Waals surface area contributed by atoms with Crippen LogP contribution in [-0.4, -0.2) is 24.4 Å². The molecule has 0 aliphatic rings. The van der Waals surface area contributed by atoms with Gasteiger partial charge in [-0.2, -0.15) is 5.26 Å². The molecule has 18 heavy (non-hydrogen) atoms. The number of carbonyl (C=O) groups excluding carboxylic acids is 1. The molecule has 3 N–H and O–H groups in total. The van der Waals surface area contributed by atoms with Gasteiger partial charge in [-0.15, -0.1) is 0 Å². The molecule has 0 saturated heterocycles. The third-order valence-corrected chi connectivity index (χ3v) is 2.61. The number of benzene rings is 1. The lowest BCUT2D eigenvalue weighted by Crippen LogP contribution is -2.31. The SMILES string of the molecule is CN(CCC#N)Cc1ccc(CC(=O)NN)cc1. The lowest BCUT2D eigenvalue weighted by atomic mass is 10.1. The van der Waals surface area contributed by atoms with Crippen LogP contribution in [0.2, 0.25) is 0 Å². The Morgan fingerprint density at radius 3 is 2.56 bits per heavy atom. The normalized spacial score (nSPS) is 10.1. The second-order valence-corrected chi connectivity index (χ2v) is 4.21. The molecule has 0 fully saturated rings. The molecule has 0 aliphatic heterocycles. The van der Waals surface area contributed by atoms with Crippen LogP contribution in [0.1, 0.15) is 17.5 Å². The summed E-state index contributed by atoms with van der Waals surface area (Å²) in [5.74, 6) is 4.83. The Balaban J connectivity index is 2.50. The van der Waals surface area contributed by atoms with Crippen LogP contribution in [-0.2, 0) is 17.8 Å². The van der Waals surface area contributed by atoms with Gasteiger partial charge in [0.1, 0.15) is 0 Å². The molecular formula is C13H18N4O. The number of nitriles is 1. The first-order valence-corrected chi connectivity index (χ1v) is 5.78. The van der Waals surface area contributed by atoms with E-state index in [1.54, 1.807) is 0 Å². The number of amides is 1. The Kier molecular flexibility index (Phi) is 5.85. The van der Waals surface area contributed by atoms with E-state index in [9.17, 15) is 4.79 Å². The Bertz CT molecular complexity index is 422. The molecule has 0 aromatic heterocycles. The highest BCUT2D eigenvalue weighted by Gasteiger charge is 2.03. The van der Waals surface area contributed by atoms with Gasteiger partial charge >= 0.3 is 0 Å². The quantitative estimate of drug-likeness (QED) is 0.436. The Labute approximate surface area is 107 Å². The topological polar surface area (TPSA) is 82.2 Å². The van der Waals surface area contributed by atoms with Crippen molar-refractivity contribution < 1.29 is 4.79 Å². The summed E-state index contributed by atoms with van der Waals surface area (Å²) in [6.07, 6.45) is 0.826. The largest absolute Gasteiger partial charge is 0.301 e. The maximum absolute atomic E-state index is 11.1. The highest BCUT2D eigenvalue weighted by Crippen LogP contribution is 2.07. The minimum absolute atomic E-state index is 0.200. The molecule has 1 amide bonds. The van der Waals surface area contributed by atoms with Crippen molar-refractivity contribution in [3.05, 3.63) is 35.4 Å². The van der Waals surface area contributed by atoms with E-state index in [1.165, 1.54) is 0 Å². The summed E-state index contributed by atoms with van der Waals surface area (Å²) in [6.45, 7) is 1.55. The monoisotopic (exact) mass is 246 g/mol. The van der Waals surface area contributed by atoms with Gasteiger partial charge in [-0.1, -0.05) is 24.3 Å². The third kappa shape index (κ3) is 4.95. The zero-order valence-electron chi connectivity index (χ0n) is 10.5. The van der Waals surface area contributed by atoms with Crippen LogP contribution in [0.3, 0.4) is 0 Å². The van der Waals surface area contributed by atoms with Crippen molar-refractivity contribution in [3.8, 4) is 6.07 Å². The van der Waals surface area contributed by atoms with Crippen LogP contribution >= 0.6 is 0 Å². The average molecular weight is 246 g/mol. The second kappa shape index (κ2) is 7.43. The molecule has 0 atom stereocenters. The average Bonchev–Trinajstić information content (AvgIpc) is 2.38. The summed E-state index contributed by atoms with van der Waals surface area (Å²) in [4.78, 5) is 13.2. The van der Waals surface area contributed by atoms with Crippen molar-refractivity contribution in [3.63, 3.8) is 0 Å². The van der Waals surface area contributed by atoms with Gasteiger partial charge < -0.3 is 4.90 Å². The van der Waals surface area contributed by atoms with E-state index in [-0.39, 0.29) is 5.91 Å². The van der Waals surface area contributed by atoms with Gasteiger partial charge in [0.15, 0.2) is 0 Å². The summed E-state index contributed by atoms with van der Waals surface area (Å²) in [7, 11) is 1.98. The summed E-state index contributed by atoms with van der Waals surface area (Å²) in [5, 5.41) is 8.50. The first kappa shape index (κ1) is 14.2. The van der Waals surface area contributed by atoms with E-state index in [0.717, 1.165) is 24.2 Å². The molecule has 1 rings (SSSR count). The molecule has 0 heterocycles. The molecule has 5 heteroatoms. The van der Waals surface area contributed by atoms with Crippen molar-refractivity contribution in [2.75, 3.05) is 13.6 Å². The predicted octanol–water partition coefficient (Wildman–Crippen LogP) is 0.564. The highest BCUT2D eigenvalue weighted by molar-refractivity contribution is 5.77. The lowest BCUT2D eigenvalue weighted by molar-refractivity contribution is -0.120. The summed E-state index contributed by atoms with van der Waals surface area (Å²) in [5.41, 5.74) is 4.20. The van der Waals surface area contributed by atoms with Gasteiger partial charge in [-0.05, 0) is 18.2 Å². The van der Waals surface area contributed by atoms with Gasteiger partial charge in [0.05, 0.1) is 12.5 Å². The number of nitrogens with two attached hydrogens (primary N) is 1. The summed E-state index contributed by atoms with van der Waals surface area (Å²) < 4.78 is 0. The van der Waals surface area contributed by atoms with Crippen LogP contribution in [0.5, 0.6) is 0 Å². The Hall–Kier alpha value is -1.90. The van der Waals surface area contributed by atoms with Crippen molar-refractivity contribution in [2.24, 2.45) is 5.84 Å². The van der Waals surface area contributed by atoms with E-state index in [2.05, 4.69) is 16.4 Å². The lowest BCUT2D eigenvalue weighted by Gasteiger charge is -2.14. The second-order valence-electron chi connectivity index (χ2n) is 4.21. The minimum atomic E-state index is -0.200. The maximum atomic E-state index is 11.1. The van der Waals surface area contributed by atoms with Gasteiger partial charge in [0, 0.05) is 19.5 Å². The highest BCUT2D eigenvalue weighted by atomic mass is 16.2. The van der Waals surface area contributed by atoms with Crippen molar-refractivity contribution >= 4 is 5.91 Å². The Morgan fingerprint density at radius 1 is 1.39 bits per heavy atom. The van der Waals surface area contributed by atoms with E-state index >= 15 is 0 Å². The zero-order valence-corrected chi connectivity index (χ0v) is 10.5. The molecule has 0 bridgehead atoms. The number of nitrogens with zero attached hydrogens (tertiary/aromatic N) is 2. The van der Waals surface area contributed by atoms with E-state index in [1.807, 2.05) is 31.3 Å². The molecule has 96 valence electrons. The smallest absolute Gasteiger partial charge is 0.238 e. The fraction of sp³-hybridized carbons (Fsp3) is 0.385. The number of hydrazine groups is 1. The molecule has 1 aromatic carbocycles. The fourth-order valence-corrected chi connectivity index (χ4v) is 1.63. The van der Waals surface area contributed by atoms with Crippen LogP contribution in [0.15, 0.2) is 24.3 Å². The first-order valence-electron chi connectivity index (χ1n) is 5.78. The van der Waals surface area contributed by atoms with Gasteiger partial charge in [0.2, 0.25) is 5.91 Å². The molecule has 0 radical (unpaired) electrons. The molecule has 1 aromatic rings. The zero-order chi connectivity index (χ0) is 13.4. The van der Waals surface area contributed by atoms with Crippen molar-refractivity contribution in [1.29, 1.82) is 5.26 Å². The standard InChI is InChI=1S/C13H18N4O/c1-17(8-2-7-14)10-12-5-3-11(4-6-12)9-13(18)16-15/h3-6H,2,8-10,15H2,1H3,(H,16,18). The van der Waals surface area contributed by atoms with Crippen LogP contribution in [0.25, 0.3) is 0 Å². The van der Waals surface area contributed by atoms with Crippen LogP contribution < -0.4 is 11.3 Å². The molecular weight excluding hydrogens is 228 g/mol. The van der Waals surface area contributed by atoms with E-state index < -0.39 is 0 Å². The van der Waals surface area contributed by atoms with Gasteiger partial charge in [-0.25, -0.2) is 5.84 Å². The summed E-state index contributed by atoms with van der Waals surface area (Å²) >= 11 is 0. The predicted molar refractivity (Wildman–Crippen MR) is 69.0 cm³/mol. The third-order valence-electron chi connectivity index (χ3n) is 2.61. The van der Waals surface area contributed by atoms with Gasteiger partial charge in [0.25, 0.3) is 0 Å². The number of hydrogen-bond donors (Lipinski definition) is 2. The van der Waals surface area contributed by atoms with Crippen LogP contribution in [0, 0.1) is 11.3 Å². The first-order chi connectivity index (χ1) is 8.65. The minimum Gasteiger partial charge on any atom is -0.301 e. The van der Waals surface area contributed by atoms with Crippen molar-refractivity contribution in [2.45, 2.75) is 19.4 Å². The number of hydrogen-bond acceptors (Lipinski definition) is 4. The number of nitrogens with one attached hydrogen (secondary N) is 1. The maximum Gasteiger partial charge on any atom is 0.238 e. The fourth-order valence-electron chi connectivity index (χ4n) is 1.63. The van der Waals surface area contributed by atoms with E-state index in [0.29, 0.717) is 12.8 Å². The molecule has 0 spiro atoms. The van der Waals surface area contributed by atoms with Crippen LogP contribution in [0.4, 0.5) is 0 Å². The molecule has 0 aliphatic carbocycles. The Morgan fingerprint density at radius 2 is 2.00 bits per heavy atom.